The van der Waals surface area contributed by atoms with Crippen LogP contribution in [-0.2, 0) is 11.8 Å². The Labute approximate surface area is 155 Å². The Bertz CT molecular complexity index is 933. The fourth-order valence-electron chi connectivity index (χ4n) is 2.84. The molecule has 2 rings (SSSR count). The number of carbonyl (C=O) groups excluding carboxylic acids is 3. The summed E-state index contributed by atoms with van der Waals surface area (Å²) in [6.45, 7) is 6.65. The van der Waals surface area contributed by atoms with Gasteiger partial charge in [0.2, 0.25) is 0 Å². The standard InChI is InChI=1S/C19H21F2N3O3/c1-9(2)22-19(27)17(25)16-10(3)15(11(4)24(16)5)18(26)23-12-6-7-13(20)14(21)8-12/h6-9H,1-5H3,(H,22,27)(H,23,26). The molecular formula is C19H21F2N3O3. The summed E-state index contributed by atoms with van der Waals surface area (Å²) in [6.07, 6.45) is 0. The van der Waals surface area contributed by atoms with E-state index in [1.807, 2.05) is 0 Å². The number of ketones is 1. The maximum absolute atomic E-state index is 13.3. The third-order valence-corrected chi connectivity index (χ3v) is 4.18. The normalized spacial score (nSPS) is 10.8. The van der Waals surface area contributed by atoms with Crippen LogP contribution in [0.1, 0.15) is 46.0 Å². The fourth-order valence-corrected chi connectivity index (χ4v) is 2.84. The summed E-state index contributed by atoms with van der Waals surface area (Å²) in [7, 11) is 1.58. The fraction of sp³-hybridized carbons (Fsp3) is 0.316. The molecule has 6 nitrogen and oxygen atoms in total. The number of carbonyl (C=O) groups is 3. The molecule has 0 aliphatic rings. The van der Waals surface area contributed by atoms with Crippen LogP contribution in [0.4, 0.5) is 14.5 Å². The van der Waals surface area contributed by atoms with E-state index in [1.54, 1.807) is 34.7 Å². The zero-order chi connectivity index (χ0) is 20.5. The zero-order valence-corrected chi connectivity index (χ0v) is 15.7. The second-order valence-electron chi connectivity index (χ2n) is 6.53. The number of nitrogens with zero attached hydrogens (tertiary/aromatic N) is 1. The summed E-state index contributed by atoms with van der Waals surface area (Å²) in [4.78, 5) is 37.2. The third-order valence-electron chi connectivity index (χ3n) is 4.18. The van der Waals surface area contributed by atoms with Crippen molar-refractivity contribution in [3.8, 4) is 0 Å². The number of aromatic nitrogens is 1. The summed E-state index contributed by atoms with van der Waals surface area (Å²) in [6, 6.07) is 2.79. The molecule has 0 aliphatic heterocycles. The van der Waals surface area contributed by atoms with Gasteiger partial charge in [-0.3, -0.25) is 14.4 Å². The highest BCUT2D eigenvalue weighted by molar-refractivity contribution is 6.43. The van der Waals surface area contributed by atoms with Crippen molar-refractivity contribution in [1.82, 2.24) is 9.88 Å². The van der Waals surface area contributed by atoms with E-state index in [2.05, 4.69) is 10.6 Å². The number of benzene rings is 1. The van der Waals surface area contributed by atoms with Crippen molar-refractivity contribution in [3.63, 3.8) is 0 Å². The van der Waals surface area contributed by atoms with Gasteiger partial charge in [-0.15, -0.1) is 0 Å². The summed E-state index contributed by atoms with van der Waals surface area (Å²) in [5.74, 6) is -4.21. The van der Waals surface area contributed by atoms with Gasteiger partial charge in [0, 0.05) is 30.5 Å². The molecule has 0 bridgehead atoms. The van der Waals surface area contributed by atoms with Crippen molar-refractivity contribution in [1.29, 1.82) is 0 Å². The topological polar surface area (TPSA) is 80.2 Å². The number of hydrogen-bond acceptors (Lipinski definition) is 3. The molecule has 1 aromatic heterocycles. The molecule has 2 amide bonds. The Kier molecular flexibility index (Phi) is 5.78. The third kappa shape index (κ3) is 4.05. The number of amides is 2. The summed E-state index contributed by atoms with van der Waals surface area (Å²) >= 11 is 0. The number of rotatable bonds is 5. The molecule has 1 aromatic carbocycles. The lowest BCUT2D eigenvalue weighted by molar-refractivity contribution is -0.117. The monoisotopic (exact) mass is 377 g/mol. The van der Waals surface area contributed by atoms with Gasteiger partial charge >= 0.3 is 0 Å². The number of nitrogens with one attached hydrogen (secondary N) is 2. The highest BCUT2D eigenvalue weighted by atomic mass is 19.2. The second-order valence-corrected chi connectivity index (χ2v) is 6.53. The first-order valence-corrected chi connectivity index (χ1v) is 8.32. The van der Waals surface area contributed by atoms with Gasteiger partial charge in [0.1, 0.15) is 0 Å². The smallest absolute Gasteiger partial charge is 0.294 e. The molecular weight excluding hydrogens is 356 g/mol. The van der Waals surface area contributed by atoms with E-state index < -0.39 is 29.2 Å². The van der Waals surface area contributed by atoms with E-state index in [-0.39, 0.29) is 23.0 Å². The number of halogens is 2. The molecule has 0 fully saturated rings. The van der Waals surface area contributed by atoms with Crippen molar-refractivity contribution < 1.29 is 23.2 Å². The lowest BCUT2D eigenvalue weighted by Gasteiger charge is -2.09. The zero-order valence-electron chi connectivity index (χ0n) is 15.7. The van der Waals surface area contributed by atoms with Gasteiger partial charge in [-0.25, -0.2) is 8.78 Å². The molecule has 144 valence electrons. The van der Waals surface area contributed by atoms with Crippen molar-refractivity contribution in [2.24, 2.45) is 7.05 Å². The number of anilines is 1. The first-order chi connectivity index (χ1) is 12.5. The second kappa shape index (κ2) is 7.69. The average Bonchev–Trinajstić information content (AvgIpc) is 2.79. The van der Waals surface area contributed by atoms with Gasteiger partial charge in [0.15, 0.2) is 11.6 Å². The van der Waals surface area contributed by atoms with E-state index in [4.69, 9.17) is 0 Å². The molecule has 2 aromatic rings. The quantitative estimate of drug-likeness (QED) is 0.621. The molecule has 1 heterocycles. The molecule has 0 saturated carbocycles. The lowest BCUT2D eigenvalue weighted by Crippen LogP contribution is -2.37. The Morgan fingerprint density at radius 1 is 1.07 bits per heavy atom. The molecule has 0 atom stereocenters. The van der Waals surface area contributed by atoms with Gasteiger partial charge in [-0.1, -0.05) is 0 Å². The SMILES string of the molecule is Cc1c(C(=O)Nc2ccc(F)c(F)c2)c(C)n(C)c1C(=O)C(=O)NC(C)C. The molecule has 8 heteroatoms. The van der Waals surface area contributed by atoms with Crippen molar-refractivity contribution in [2.45, 2.75) is 33.7 Å². The first-order valence-electron chi connectivity index (χ1n) is 8.32. The van der Waals surface area contributed by atoms with Gasteiger partial charge in [-0.05, 0) is 45.4 Å². The summed E-state index contributed by atoms with van der Waals surface area (Å²) in [5.41, 5.74) is 1.17. The first kappa shape index (κ1) is 20.3. The number of Topliss-reactive ketones (excluding diaryl/α,β-unsaturated/α-hetero) is 1. The summed E-state index contributed by atoms with van der Waals surface area (Å²) in [5, 5.41) is 5.00. The molecule has 0 unspecified atom stereocenters. The van der Waals surface area contributed by atoms with Crippen LogP contribution in [0.25, 0.3) is 0 Å². The average molecular weight is 377 g/mol. The predicted molar refractivity (Wildman–Crippen MR) is 96.8 cm³/mol. The minimum atomic E-state index is -1.09. The van der Waals surface area contributed by atoms with Gasteiger partial charge < -0.3 is 15.2 Å². The Hall–Kier alpha value is -3.03. The predicted octanol–water partition coefficient (Wildman–Crippen LogP) is 2.88. The van der Waals surface area contributed by atoms with Crippen molar-refractivity contribution in [2.75, 3.05) is 5.32 Å². The minimum Gasteiger partial charge on any atom is -0.347 e. The van der Waals surface area contributed by atoms with E-state index in [0.29, 0.717) is 11.3 Å². The van der Waals surface area contributed by atoms with Crippen molar-refractivity contribution in [3.05, 3.63) is 52.3 Å². The van der Waals surface area contributed by atoms with Gasteiger partial charge in [0.25, 0.3) is 17.6 Å². The number of hydrogen-bond donors (Lipinski definition) is 2. The summed E-state index contributed by atoms with van der Waals surface area (Å²) < 4.78 is 27.8. The van der Waals surface area contributed by atoms with Crippen LogP contribution in [0.15, 0.2) is 18.2 Å². The van der Waals surface area contributed by atoms with E-state index >= 15 is 0 Å². The van der Waals surface area contributed by atoms with Crippen LogP contribution in [-0.4, -0.2) is 28.2 Å². The molecule has 0 radical (unpaired) electrons. The molecule has 27 heavy (non-hydrogen) atoms. The molecule has 0 aliphatic carbocycles. The van der Waals surface area contributed by atoms with Crippen molar-refractivity contribution >= 4 is 23.3 Å². The van der Waals surface area contributed by atoms with Crippen LogP contribution < -0.4 is 10.6 Å². The maximum Gasteiger partial charge on any atom is 0.294 e. The van der Waals surface area contributed by atoms with Crippen LogP contribution in [0.2, 0.25) is 0 Å². The highest BCUT2D eigenvalue weighted by Crippen LogP contribution is 2.23. The lowest BCUT2D eigenvalue weighted by atomic mass is 10.1. The van der Waals surface area contributed by atoms with Crippen LogP contribution >= 0.6 is 0 Å². The molecule has 2 N–H and O–H groups in total. The maximum atomic E-state index is 13.3. The highest BCUT2D eigenvalue weighted by Gasteiger charge is 2.28. The Morgan fingerprint density at radius 3 is 2.26 bits per heavy atom. The van der Waals surface area contributed by atoms with E-state index in [0.717, 1.165) is 12.1 Å². The Balaban J connectivity index is 2.38. The van der Waals surface area contributed by atoms with Gasteiger partial charge in [0.05, 0.1) is 11.3 Å². The molecule has 0 spiro atoms. The Morgan fingerprint density at radius 2 is 1.70 bits per heavy atom. The largest absolute Gasteiger partial charge is 0.347 e. The minimum absolute atomic E-state index is 0.0759. The van der Waals surface area contributed by atoms with E-state index in [1.165, 1.54) is 10.6 Å². The van der Waals surface area contributed by atoms with E-state index in [9.17, 15) is 23.2 Å². The van der Waals surface area contributed by atoms with Crippen LogP contribution in [0.3, 0.4) is 0 Å². The van der Waals surface area contributed by atoms with Gasteiger partial charge in [-0.2, -0.15) is 0 Å². The van der Waals surface area contributed by atoms with Crippen LogP contribution in [0, 0.1) is 25.5 Å². The van der Waals surface area contributed by atoms with Crippen LogP contribution in [0.5, 0.6) is 0 Å². The molecule has 0 saturated heterocycles.